The fourth-order valence-electron chi connectivity index (χ4n) is 2.21. The summed E-state index contributed by atoms with van der Waals surface area (Å²) in [4.78, 5) is 0. The van der Waals surface area contributed by atoms with Gasteiger partial charge < -0.3 is 14.8 Å². The summed E-state index contributed by atoms with van der Waals surface area (Å²) in [5, 5.41) is 3.80. The molecule has 1 N–H and O–H groups in total. The van der Waals surface area contributed by atoms with Crippen molar-refractivity contribution < 1.29 is 9.47 Å². The third-order valence-electron chi connectivity index (χ3n) is 3.26. The summed E-state index contributed by atoms with van der Waals surface area (Å²) in [5.74, 6) is 0.792. The highest BCUT2D eigenvalue weighted by molar-refractivity contribution is 6.31. The Kier molecular flexibility index (Phi) is 6.05. The monoisotopic (exact) mass is 305 g/mol. The van der Waals surface area contributed by atoms with Crippen molar-refractivity contribution in [2.24, 2.45) is 0 Å². The van der Waals surface area contributed by atoms with Crippen LogP contribution in [-0.4, -0.2) is 26.8 Å². The van der Waals surface area contributed by atoms with Gasteiger partial charge in [-0.25, -0.2) is 0 Å². The average Bonchev–Trinajstić information content (AvgIpc) is 2.52. The number of rotatable bonds is 7. The van der Waals surface area contributed by atoms with Crippen LogP contribution in [0.25, 0.3) is 0 Å². The first-order chi connectivity index (χ1) is 10.3. The lowest BCUT2D eigenvalue weighted by Gasteiger charge is -2.28. The van der Waals surface area contributed by atoms with Gasteiger partial charge in [0.05, 0.1) is 0 Å². The van der Waals surface area contributed by atoms with E-state index >= 15 is 0 Å². The van der Waals surface area contributed by atoms with E-state index in [1.807, 2.05) is 61.6 Å². The molecular formula is C17H20ClNO2. The number of hydrogen-bond donors (Lipinski definition) is 1. The molecule has 0 radical (unpaired) electrons. The van der Waals surface area contributed by atoms with Crippen molar-refractivity contribution in [1.82, 2.24) is 5.32 Å². The number of halogens is 1. The molecule has 2 atom stereocenters. The third kappa shape index (κ3) is 4.21. The minimum atomic E-state index is -0.279. The van der Waals surface area contributed by atoms with Crippen LogP contribution in [0.2, 0.25) is 5.02 Å². The Bertz CT molecular complexity index is 547. The first kappa shape index (κ1) is 15.8. The molecule has 0 saturated carbocycles. The molecule has 0 bridgehead atoms. The molecule has 0 aliphatic rings. The fraction of sp³-hybridized carbons (Fsp3) is 0.294. The lowest BCUT2D eigenvalue weighted by Crippen LogP contribution is -2.34. The van der Waals surface area contributed by atoms with Gasteiger partial charge in [-0.1, -0.05) is 48.0 Å². The van der Waals surface area contributed by atoms with E-state index in [1.165, 1.54) is 0 Å². The Labute approximate surface area is 130 Å². The van der Waals surface area contributed by atoms with Gasteiger partial charge in [0.2, 0.25) is 0 Å². The van der Waals surface area contributed by atoms with Crippen LogP contribution >= 0.6 is 11.6 Å². The number of hydrogen-bond acceptors (Lipinski definition) is 3. The molecule has 3 nitrogen and oxygen atoms in total. The van der Waals surface area contributed by atoms with Crippen LogP contribution in [0, 0.1) is 0 Å². The fourth-order valence-corrected chi connectivity index (χ4v) is 2.45. The van der Waals surface area contributed by atoms with E-state index in [4.69, 9.17) is 21.1 Å². The summed E-state index contributed by atoms with van der Waals surface area (Å²) in [5.41, 5.74) is 0.921. The Morgan fingerprint density at radius 1 is 1.05 bits per heavy atom. The predicted octanol–water partition coefficient (Wildman–Crippen LogP) is 3.69. The van der Waals surface area contributed by atoms with Gasteiger partial charge in [0.25, 0.3) is 0 Å². The smallest absolute Gasteiger partial charge is 0.152 e. The maximum atomic E-state index is 6.33. The van der Waals surface area contributed by atoms with Crippen LogP contribution in [-0.2, 0) is 4.74 Å². The van der Waals surface area contributed by atoms with Crippen molar-refractivity contribution in [3.05, 3.63) is 65.2 Å². The van der Waals surface area contributed by atoms with E-state index in [2.05, 4.69) is 5.32 Å². The van der Waals surface area contributed by atoms with Crippen LogP contribution in [0.5, 0.6) is 5.75 Å². The zero-order valence-corrected chi connectivity index (χ0v) is 13.0. The van der Waals surface area contributed by atoms with Gasteiger partial charge in [0.15, 0.2) is 6.10 Å². The number of ether oxygens (including phenoxy) is 2. The topological polar surface area (TPSA) is 30.5 Å². The number of methoxy groups -OCH3 is 1. The second-order valence-electron chi connectivity index (χ2n) is 4.70. The zero-order valence-electron chi connectivity index (χ0n) is 12.3. The number of para-hydroxylation sites is 1. The summed E-state index contributed by atoms with van der Waals surface area (Å²) in [6.07, 6.45) is -0.423. The van der Waals surface area contributed by atoms with Gasteiger partial charge >= 0.3 is 0 Å². The summed E-state index contributed by atoms with van der Waals surface area (Å²) in [6.45, 7) is 0.666. The number of benzene rings is 2. The van der Waals surface area contributed by atoms with Crippen LogP contribution in [0.4, 0.5) is 0 Å². The van der Waals surface area contributed by atoms with Crippen molar-refractivity contribution in [3.63, 3.8) is 0 Å². The highest BCUT2D eigenvalue weighted by Crippen LogP contribution is 2.30. The van der Waals surface area contributed by atoms with Crippen molar-refractivity contribution in [1.29, 1.82) is 0 Å². The van der Waals surface area contributed by atoms with E-state index in [9.17, 15) is 0 Å². The maximum Gasteiger partial charge on any atom is 0.152 e. The molecule has 112 valence electrons. The highest BCUT2D eigenvalue weighted by Gasteiger charge is 2.26. The van der Waals surface area contributed by atoms with Gasteiger partial charge in [-0.3, -0.25) is 0 Å². The molecule has 0 spiro atoms. The average molecular weight is 306 g/mol. The summed E-state index contributed by atoms with van der Waals surface area (Å²) in [7, 11) is 3.57. The van der Waals surface area contributed by atoms with Crippen molar-refractivity contribution in [3.8, 4) is 5.75 Å². The van der Waals surface area contributed by atoms with Gasteiger partial charge in [-0.2, -0.15) is 0 Å². The van der Waals surface area contributed by atoms with E-state index < -0.39 is 0 Å². The molecule has 0 fully saturated rings. The standard InChI is InChI=1S/C17H20ClNO2/c1-19-12-16(20-2)17(14-10-6-7-11-15(14)18)21-13-8-4-3-5-9-13/h3-11,16-17,19H,12H2,1-2H3. The number of nitrogens with one attached hydrogen (secondary N) is 1. The lowest BCUT2D eigenvalue weighted by molar-refractivity contribution is 0.00264. The molecule has 0 amide bonds. The summed E-state index contributed by atoms with van der Waals surface area (Å²) < 4.78 is 11.7. The molecule has 0 aliphatic carbocycles. The molecule has 21 heavy (non-hydrogen) atoms. The van der Waals surface area contributed by atoms with Crippen LogP contribution < -0.4 is 10.1 Å². The van der Waals surface area contributed by atoms with Crippen molar-refractivity contribution in [2.75, 3.05) is 20.7 Å². The van der Waals surface area contributed by atoms with Gasteiger partial charge in [-0.05, 0) is 25.2 Å². The second-order valence-corrected chi connectivity index (χ2v) is 5.11. The Morgan fingerprint density at radius 2 is 1.71 bits per heavy atom. The van der Waals surface area contributed by atoms with E-state index in [0.717, 1.165) is 11.3 Å². The Morgan fingerprint density at radius 3 is 2.33 bits per heavy atom. The first-order valence-electron chi connectivity index (χ1n) is 6.89. The quantitative estimate of drug-likeness (QED) is 0.846. The summed E-state index contributed by atoms with van der Waals surface area (Å²) in [6, 6.07) is 17.4. The third-order valence-corrected chi connectivity index (χ3v) is 3.61. The molecule has 2 rings (SSSR count). The van der Waals surface area contributed by atoms with Crippen LogP contribution in [0.3, 0.4) is 0 Å². The van der Waals surface area contributed by atoms with Gasteiger partial charge in [0.1, 0.15) is 11.9 Å². The van der Waals surface area contributed by atoms with Crippen molar-refractivity contribution >= 4 is 11.6 Å². The highest BCUT2D eigenvalue weighted by atomic mass is 35.5. The molecule has 4 heteroatoms. The molecule has 2 aromatic rings. The Balaban J connectivity index is 2.32. The second kappa shape index (κ2) is 8.03. The van der Waals surface area contributed by atoms with E-state index in [1.54, 1.807) is 7.11 Å². The van der Waals surface area contributed by atoms with E-state index in [0.29, 0.717) is 11.6 Å². The predicted molar refractivity (Wildman–Crippen MR) is 86.0 cm³/mol. The van der Waals surface area contributed by atoms with Crippen LogP contribution in [0.1, 0.15) is 11.7 Å². The Hall–Kier alpha value is -1.55. The molecule has 0 saturated heterocycles. The SMILES string of the molecule is CNCC(OC)C(Oc1ccccc1)c1ccccc1Cl. The molecule has 0 heterocycles. The number of likely N-dealkylation sites (N-methyl/N-ethyl adjacent to an activating group) is 1. The maximum absolute atomic E-state index is 6.33. The van der Waals surface area contributed by atoms with Gasteiger partial charge in [-0.15, -0.1) is 0 Å². The normalized spacial score (nSPS) is 13.7. The van der Waals surface area contributed by atoms with Gasteiger partial charge in [0, 0.05) is 24.2 Å². The molecular weight excluding hydrogens is 286 g/mol. The minimum absolute atomic E-state index is 0.143. The summed E-state index contributed by atoms with van der Waals surface area (Å²) >= 11 is 6.33. The van der Waals surface area contributed by atoms with Crippen LogP contribution in [0.15, 0.2) is 54.6 Å². The molecule has 0 aliphatic heterocycles. The molecule has 2 aromatic carbocycles. The minimum Gasteiger partial charge on any atom is -0.483 e. The first-order valence-corrected chi connectivity index (χ1v) is 7.27. The van der Waals surface area contributed by atoms with E-state index in [-0.39, 0.29) is 12.2 Å². The largest absolute Gasteiger partial charge is 0.483 e. The lowest BCUT2D eigenvalue weighted by atomic mass is 10.0. The van der Waals surface area contributed by atoms with Crippen molar-refractivity contribution in [2.45, 2.75) is 12.2 Å². The molecule has 2 unspecified atom stereocenters. The zero-order chi connectivity index (χ0) is 15.1. The molecule has 0 aromatic heterocycles.